The van der Waals surface area contributed by atoms with Crippen LogP contribution in [-0.4, -0.2) is 21.1 Å². The Labute approximate surface area is 96.9 Å². The Bertz CT molecular complexity index is 559. The molecule has 0 fully saturated rings. The number of nitriles is 1. The van der Waals surface area contributed by atoms with Crippen LogP contribution < -0.4 is 5.32 Å². The molecule has 2 aromatic rings. The van der Waals surface area contributed by atoms with Crippen LogP contribution in [0.4, 0.5) is 5.82 Å². The molecule has 1 N–H and O–H groups in total. The van der Waals surface area contributed by atoms with Gasteiger partial charge < -0.3 is 5.32 Å². The van der Waals surface area contributed by atoms with E-state index in [2.05, 4.69) is 20.5 Å². The molecule has 6 heteroatoms. The number of amides is 1. The van der Waals surface area contributed by atoms with Gasteiger partial charge in [-0.3, -0.25) is 4.79 Å². The fraction of sp³-hybridized carbons (Fsp3) is 0. The molecule has 17 heavy (non-hydrogen) atoms. The Hall–Kier alpha value is -2.81. The van der Waals surface area contributed by atoms with E-state index in [9.17, 15) is 4.79 Å². The maximum atomic E-state index is 11.7. The molecule has 2 aromatic heterocycles. The van der Waals surface area contributed by atoms with E-state index in [4.69, 9.17) is 5.26 Å². The molecule has 82 valence electrons. The minimum atomic E-state index is -0.394. The Morgan fingerprint density at radius 3 is 2.82 bits per heavy atom. The Balaban J connectivity index is 2.13. The summed E-state index contributed by atoms with van der Waals surface area (Å²) < 4.78 is 0. The van der Waals surface area contributed by atoms with Gasteiger partial charge in [-0.05, 0) is 24.3 Å². The molecule has 0 radical (unpaired) electrons. The third kappa shape index (κ3) is 2.60. The molecule has 6 nitrogen and oxygen atoms in total. The number of anilines is 1. The molecule has 2 rings (SSSR count). The van der Waals surface area contributed by atoms with Crippen LogP contribution in [-0.2, 0) is 0 Å². The number of nitrogens with zero attached hydrogens (tertiary/aromatic N) is 4. The van der Waals surface area contributed by atoms with Crippen LogP contribution in [0.2, 0.25) is 0 Å². The zero-order chi connectivity index (χ0) is 12.1. The lowest BCUT2D eigenvalue weighted by molar-refractivity contribution is 0.102. The van der Waals surface area contributed by atoms with Gasteiger partial charge in [0.1, 0.15) is 11.8 Å². The molecule has 0 aliphatic rings. The van der Waals surface area contributed by atoms with Gasteiger partial charge in [-0.2, -0.15) is 10.4 Å². The number of nitrogens with one attached hydrogen (secondary N) is 1. The minimum absolute atomic E-state index is 0.217. The first kappa shape index (κ1) is 10.7. The van der Waals surface area contributed by atoms with Gasteiger partial charge in [0.05, 0.1) is 5.56 Å². The summed E-state index contributed by atoms with van der Waals surface area (Å²) in [5.74, 6) is -0.0429. The summed E-state index contributed by atoms with van der Waals surface area (Å²) >= 11 is 0. The summed E-state index contributed by atoms with van der Waals surface area (Å²) in [4.78, 5) is 15.6. The number of hydrogen-bond acceptors (Lipinski definition) is 5. The summed E-state index contributed by atoms with van der Waals surface area (Å²) in [5, 5.41) is 18.5. The number of pyridine rings is 1. The van der Waals surface area contributed by atoms with Gasteiger partial charge in [0, 0.05) is 12.4 Å². The van der Waals surface area contributed by atoms with Crippen molar-refractivity contribution in [2.24, 2.45) is 0 Å². The molecule has 0 aliphatic heterocycles. The molecule has 0 aromatic carbocycles. The highest BCUT2D eigenvalue weighted by Gasteiger charge is 2.07. The third-order valence-electron chi connectivity index (χ3n) is 1.94. The van der Waals surface area contributed by atoms with Crippen LogP contribution in [0.3, 0.4) is 0 Å². The normalized spacial score (nSPS) is 9.35. The van der Waals surface area contributed by atoms with E-state index in [1.54, 1.807) is 12.1 Å². The van der Waals surface area contributed by atoms with E-state index in [0.29, 0.717) is 11.4 Å². The first-order chi connectivity index (χ1) is 8.29. The van der Waals surface area contributed by atoms with Crippen molar-refractivity contribution in [3.8, 4) is 6.07 Å². The second-order valence-electron chi connectivity index (χ2n) is 3.11. The highest BCUT2D eigenvalue weighted by atomic mass is 16.1. The maximum Gasteiger partial charge on any atom is 0.275 e. The van der Waals surface area contributed by atoms with E-state index < -0.39 is 5.91 Å². The molecular formula is C11H7N5O. The van der Waals surface area contributed by atoms with Crippen molar-refractivity contribution in [3.05, 3.63) is 47.9 Å². The van der Waals surface area contributed by atoms with Gasteiger partial charge in [0.15, 0.2) is 5.82 Å². The molecule has 0 saturated heterocycles. The van der Waals surface area contributed by atoms with Crippen molar-refractivity contribution in [2.75, 3.05) is 5.32 Å². The summed E-state index contributed by atoms with van der Waals surface area (Å²) in [7, 11) is 0. The summed E-state index contributed by atoms with van der Waals surface area (Å²) in [6.45, 7) is 0. The number of hydrogen-bond donors (Lipinski definition) is 1. The second-order valence-corrected chi connectivity index (χ2v) is 3.11. The summed E-state index contributed by atoms with van der Waals surface area (Å²) in [6, 6.07) is 8.21. The van der Waals surface area contributed by atoms with E-state index >= 15 is 0 Å². The zero-order valence-electron chi connectivity index (χ0n) is 8.66. The Morgan fingerprint density at radius 2 is 2.24 bits per heavy atom. The fourth-order valence-electron chi connectivity index (χ4n) is 1.14. The second kappa shape index (κ2) is 4.81. The predicted molar refractivity (Wildman–Crippen MR) is 58.9 cm³/mol. The van der Waals surface area contributed by atoms with Gasteiger partial charge in [-0.25, -0.2) is 4.98 Å². The zero-order valence-corrected chi connectivity index (χ0v) is 8.66. The number of rotatable bonds is 2. The molecule has 0 unspecified atom stereocenters. The SMILES string of the molecule is N#Cc1ccc(C(=O)Nc2cccnn2)nc1. The predicted octanol–water partition coefficient (Wildman–Crippen LogP) is 0.996. The van der Waals surface area contributed by atoms with Crippen LogP contribution in [0.1, 0.15) is 16.1 Å². The first-order valence-electron chi connectivity index (χ1n) is 4.75. The van der Waals surface area contributed by atoms with Crippen molar-refractivity contribution in [3.63, 3.8) is 0 Å². The molecule has 0 atom stereocenters. The smallest absolute Gasteiger partial charge is 0.275 e. The van der Waals surface area contributed by atoms with Crippen molar-refractivity contribution in [1.29, 1.82) is 5.26 Å². The molecule has 0 aliphatic carbocycles. The highest BCUT2D eigenvalue weighted by molar-refractivity contribution is 6.02. The topological polar surface area (TPSA) is 91.6 Å². The van der Waals surface area contributed by atoms with Crippen LogP contribution in [0.15, 0.2) is 36.7 Å². The number of carbonyl (C=O) groups excluding carboxylic acids is 1. The quantitative estimate of drug-likeness (QED) is 0.822. The van der Waals surface area contributed by atoms with Crippen LogP contribution in [0.5, 0.6) is 0 Å². The Morgan fingerprint density at radius 1 is 1.35 bits per heavy atom. The van der Waals surface area contributed by atoms with Gasteiger partial charge in [-0.15, -0.1) is 5.10 Å². The van der Waals surface area contributed by atoms with Crippen molar-refractivity contribution in [2.45, 2.75) is 0 Å². The molecule has 0 spiro atoms. The van der Waals surface area contributed by atoms with E-state index in [0.717, 1.165) is 0 Å². The van der Waals surface area contributed by atoms with Crippen molar-refractivity contribution in [1.82, 2.24) is 15.2 Å². The molecule has 2 heterocycles. The first-order valence-corrected chi connectivity index (χ1v) is 4.75. The average Bonchev–Trinajstić information content (AvgIpc) is 2.40. The van der Waals surface area contributed by atoms with Crippen molar-refractivity contribution >= 4 is 11.7 Å². The lowest BCUT2D eigenvalue weighted by Crippen LogP contribution is -2.14. The van der Waals surface area contributed by atoms with Gasteiger partial charge in [-0.1, -0.05) is 0 Å². The average molecular weight is 225 g/mol. The Kier molecular flexibility index (Phi) is 3.03. The third-order valence-corrected chi connectivity index (χ3v) is 1.94. The van der Waals surface area contributed by atoms with Crippen molar-refractivity contribution < 1.29 is 4.79 Å². The van der Waals surface area contributed by atoms with Gasteiger partial charge in [0.2, 0.25) is 0 Å². The lowest BCUT2D eigenvalue weighted by atomic mass is 10.2. The number of aromatic nitrogens is 3. The summed E-state index contributed by atoms with van der Waals surface area (Å²) in [5.41, 5.74) is 0.621. The molecular weight excluding hydrogens is 218 g/mol. The lowest BCUT2D eigenvalue weighted by Gasteiger charge is -2.02. The van der Waals surface area contributed by atoms with Crippen LogP contribution in [0, 0.1) is 11.3 Å². The maximum absolute atomic E-state index is 11.7. The van der Waals surface area contributed by atoms with E-state index in [1.807, 2.05) is 6.07 Å². The van der Waals surface area contributed by atoms with Gasteiger partial charge >= 0.3 is 0 Å². The van der Waals surface area contributed by atoms with E-state index in [1.165, 1.54) is 24.5 Å². The minimum Gasteiger partial charge on any atom is -0.304 e. The van der Waals surface area contributed by atoms with Crippen LogP contribution in [0.25, 0.3) is 0 Å². The molecule has 0 saturated carbocycles. The van der Waals surface area contributed by atoms with Gasteiger partial charge in [0.25, 0.3) is 5.91 Å². The number of carbonyl (C=O) groups is 1. The fourth-order valence-corrected chi connectivity index (χ4v) is 1.14. The van der Waals surface area contributed by atoms with E-state index in [-0.39, 0.29) is 5.69 Å². The standard InChI is InChI=1S/C11H7N5O/c12-6-8-3-4-9(13-7-8)11(17)15-10-2-1-5-14-16-10/h1-5,7H,(H,15,16,17). The molecule has 0 bridgehead atoms. The van der Waals surface area contributed by atoms with Crippen LogP contribution >= 0.6 is 0 Å². The summed E-state index contributed by atoms with van der Waals surface area (Å²) in [6.07, 6.45) is 2.85. The molecule has 1 amide bonds. The monoisotopic (exact) mass is 225 g/mol. The largest absolute Gasteiger partial charge is 0.304 e. The highest BCUT2D eigenvalue weighted by Crippen LogP contribution is 2.03.